The maximum absolute atomic E-state index is 12.6. The summed E-state index contributed by atoms with van der Waals surface area (Å²) in [7, 11) is 0. The maximum Gasteiger partial charge on any atom is 0.230 e. The molecule has 2 N–H and O–H groups in total. The second kappa shape index (κ2) is 8.59. The fourth-order valence-corrected chi connectivity index (χ4v) is 3.73. The lowest BCUT2D eigenvalue weighted by atomic mass is 9.90. The van der Waals surface area contributed by atoms with E-state index in [1.165, 1.54) is 5.56 Å². The van der Waals surface area contributed by atoms with Crippen molar-refractivity contribution in [3.63, 3.8) is 0 Å². The number of allylic oxidation sites excluding steroid dienone is 1. The Labute approximate surface area is 176 Å². The van der Waals surface area contributed by atoms with Gasteiger partial charge >= 0.3 is 0 Å². The quantitative estimate of drug-likeness (QED) is 0.669. The molecule has 152 valence electrons. The van der Waals surface area contributed by atoms with Crippen LogP contribution in [0, 0.1) is 0 Å². The largest absolute Gasteiger partial charge is 0.392 e. The molecular formula is C25H25N3O2. The summed E-state index contributed by atoms with van der Waals surface area (Å²) >= 11 is 0. The average molecular weight is 399 g/mol. The first-order valence-corrected chi connectivity index (χ1v) is 10.2. The Morgan fingerprint density at radius 2 is 1.87 bits per heavy atom. The van der Waals surface area contributed by atoms with E-state index in [1.54, 1.807) is 0 Å². The lowest BCUT2D eigenvalue weighted by Gasteiger charge is -2.21. The maximum atomic E-state index is 12.6. The van der Waals surface area contributed by atoms with Gasteiger partial charge in [-0.15, -0.1) is 0 Å². The van der Waals surface area contributed by atoms with Crippen molar-refractivity contribution < 1.29 is 9.90 Å². The molecule has 0 spiro atoms. The van der Waals surface area contributed by atoms with Gasteiger partial charge in [-0.3, -0.25) is 4.79 Å². The van der Waals surface area contributed by atoms with Gasteiger partial charge in [0.15, 0.2) is 5.82 Å². The third kappa shape index (κ3) is 4.31. The number of hydrogen-bond acceptors (Lipinski definition) is 4. The average Bonchev–Trinajstić information content (AvgIpc) is 2.74. The number of fused-ring (bicyclic) bond motifs is 3. The fourth-order valence-electron chi connectivity index (χ4n) is 3.73. The SMILES string of the molecule is CC(C)=Cc1nc2c(nc1NC(=O)Cc1ccccc1)CCc1cc(CO)ccc1-2. The molecule has 0 bridgehead atoms. The number of nitrogens with zero attached hydrogens (tertiary/aromatic N) is 2. The van der Waals surface area contributed by atoms with Gasteiger partial charge in [-0.2, -0.15) is 0 Å². The molecule has 1 aliphatic carbocycles. The lowest BCUT2D eigenvalue weighted by molar-refractivity contribution is -0.115. The van der Waals surface area contributed by atoms with Crippen LogP contribution in [0.5, 0.6) is 0 Å². The third-order valence-corrected chi connectivity index (χ3v) is 5.12. The van der Waals surface area contributed by atoms with Crippen molar-refractivity contribution in [2.24, 2.45) is 0 Å². The van der Waals surface area contributed by atoms with Crippen LogP contribution in [0.3, 0.4) is 0 Å². The highest BCUT2D eigenvalue weighted by Crippen LogP contribution is 2.34. The Kier molecular flexibility index (Phi) is 5.72. The summed E-state index contributed by atoms with van der Waals surface area (Å²) in [6.45, 7) is 4.03. The zero-order chi connectivity index (χ0) is 21.1. The van der Waals surface area contributed by atoms with Crippen LogP contribution in [-0.4, -0.2) is 21.0 Å². The number of carbonyl (C=O) groups is 1. The number of anilines is 1. The number of nitrogens with one attached hydrogen (secondary N) is 1. The number of carbonyl (C=O) groups excluding carboxylic acids is 1. The molecule has 5 nitrogen and oxygen atoms in total. The summed E-state index contributed by atoms with van der Waals surface area (Å²) in [6, 6.07) is 15.6. The van der Waals surface area contributed by atoms with E-state index in [1.807, 2.05) is 68.5 Å². The fraction of sp³-hybridized carbons (Fsp3) is 0.240. The number of aryl methyl sites for hydroxylation is 2. The molecule has 1 heterocycles. The number of aromatic nitrogens is 2. The topological polar surface area (TPSA) is 75.1 Å². The van der Waals surface area contributed by atoms with E-state index in [9.17, 15) is 9.90 Å². The Morgan fingerprint density at radius 1 is 1.07 bits per heavy atom. The van der Waals surface area contributed by atoms with E-state index in [-0.39, 0.29) is 12.5 Å². The number of benzene rings is 2. The molecule has 3 aromatic rings. The van der Waals surface area contributed by atoms with E-state index in [0.717, 1.165) is 46.5 Å². The summed E-state index contributed by atoms with van der Waals surface area (Å²) in [4.78, 5) is 22.3. The summed E-state index contributed by atoms with van der Waals surface area (Å²) in [6.07, 6.45) is 3.83. The zero-order valence-corrected chi connectivity index (χ0v) is 17.3. The minimum absolute atomic E-state index is 0.0290. The van der Waals surface area contributed by atoms with E-state index >= 15 is 0 Å². The molecule has 0 radical (unpaired) electrons. The number of rotatable bonds is 5. The minimum atomic E-state index is -0.109. The van der Waals surface area contributed by atoms with E-state index < -0.39 is 0 Å². The monoisotopic (exact) mass is 399 g/mol. The second-order valence-electron chi connectivity index (χ2n) is 7.83. The van der Waals surface area contributed by atoms with E-state index in [2.05, 4.69) is 5.32 Å². The van der Waals surface area contributed by atoms with Gasteiger partial charge in [0.05, 0.1) is 24.4 Å². The van der Waals surface area contributed by atoms with Crippen molar-refractivity contribution >= 4 is 17.8 Å². The molecular weight excluding hydrogens is 374 g/mol. The molecule has 0 aliphatic heterocycles. The first kappa shape index (κ1) is 20.0. The van der Waals surface area contributed by atoms with Gasteiger partial charge in [0.25, 0.3) is 0 Å². The normalized spacial score (nSPS) is 12.0. The van der Waals surface area contributed by atoms with Gasteiger partial charge in [-0.05, 0) is 49.5 Å². The van der Waals surface area contributed by atoms with Crippen molar-refractivity contribution in [2.75, 3.05) is 5.32 Å². The zero-order valence-electron chi connectivity index (χ0n) is 17.3. The highest BCUT2D eigenvalue weighted by atomic mass is 16.3. The lowest BCUT2D eigenvalue weighted by Crippen LogP contribution is -2.19. The van der Waals surface area contributed by atoms with Crippen LogP contribution >= 0.6 is 0 Å². The molecule has 0 saturated heterocycles. The predicted octanol–water partition coefficient (Wildman–Crippen LogP) is 4.34. The summed E-state index contributed by atoms with van der Waals surface area (Å²) in [5, 5.41) is 12.4. The Morgan fingerprint density at radius 3 is 2.60 bits per heavy atom. The number of aliphatic hydroxyl groups excluding tert-OH is 1. The Balaban J connectivity index is 1.70. The minimum Gasteiger partial charge on any atom is -0.392 e. The molecule has 1 aromatic heterocycles. The molecule has 1 aliphatic rings. The highest BCUT2D eigenvalue weighted by Gasteiger charge is 2.22. The van der Waals surface area contributed by atoms with Crippen LogP contribution in [0.1, 0.15) is 41.9 Å². The summed E-state index contributed by atoms with van der Waals surface area (Å²) in [5.41, 5.74) is 7.56. The Bertz CT molecular complexity index is 1120. The molecule has 0 unspecified atom stereocenters. The van der Waals surface area contributed by atoms with Crippen LogP contribution in [0.15, 0.2) is 54.1 Å². The number of hydrogen-bond donors (Lipinski definition) is 2. The third-order valence-electron chi connectivity index (χ3n) is 5.12. The van der Waals surface area contributed by atoms with Crippen LogP contribution in [-0.2, 0) is 30.7 Å². The first-order valence-electron chi connectivity index (χ1n) is 10.2. The van der Waals surface area contributed by atoms with Gasteiger partial charge in [-0.25, -0.2) is 9.97 Å². The number of aliphatic hydroxyl groups is 1. The molecule has 0 atom stereocenters. The van der Waals surface area contributed by atoms with E-state index in [4.69, 9.17) is 9.97 Å². The van der Waals surface area contributed by atoms with Gasteiger partial charge < -0.3 is 10.4 Å². The van der Waals surface area contributed by atoms with Crippen LogP contribution < -0.4 is 5.32 Å². The van der Waals surface area contributed by atoms with Crippen LogP contribution in [0.4, 0.5) is 5.82 Å². The van der Waals surface area contributed by atoms with Crippen LogP contribution in [0.25, 0.3) is 17.3 Å². The first-order chi connectivity index (χ1) is 14.5. The molecule has 30 heavy (non-hydrogen) atoms. The van der Waals surface area contributed by atoms with Gasteiger partial charge in [0.2, 0.25) is 5.91 Å². The van der Waals surface area contributed by atoms with Gasteiger partial charge in [-0.1, -0.05) is 54.1 Å². The summed E-state index contributed by atoms with van der Waals surface area (Å²) < 4.78 is 0. The molecule has 0 saturated carbocycles. The Hall–Kier alpha value is -3.31. The summed E-state index contributed by atoms with van der Waals surface area (Å²) in [5.74, 6) is 0.397. The number of amides is 1. The van der Waals surface area contributed by atoms with Crippen molar-refractivity contribution in [3.05, 3.63) is 82.2 Å². The van der Waals surface area contributed by atoms with Gasteiger partial charge in [0, 0.05) is 5.56 Å². The van der Waals surface area contributed by atoms with Crippen LogP contribution in [0.2, 0.25) is 0 Å². The van der Waals surface area contributed by atoms with E-state index in [0.29, 0.717) is 17.9 Å². The molecule has 4 rings (SSSR count). The van der Waals surface area contributed by atoms with Crippen molar-refractivity contribution in [1.82, 2.24) is 9.97 Å². The predicted molar refractivity (Wildman–Crippen MR) is 119 cm³/mol. The molecule has 2 aromatic carbocycles. The second-order valence-corrected chi connectivity index (χ2v) is 7.83. The standard InChI is InChI=1S/C25H25N3O2/c1-16(2)12-22-25(28-23(30)14-17-6-4-3-5-7-17)27-21-11-9-19-13-18(15-29)8-10-20(19)24(21)26-22/h3-8,10,12-13,29H,9,11,14-15H2,1-2H3,(H,27,28,30). The van der Waals surface area contributed by atoms with Crippen molar-refractivity contribution in [3.8, 4) is 11.3 Å². The van der Waals surface area contributed by atoms with Crippen molar-refractivity contribution in [1.29, 1.82) is 0 Å². The highest BCUT2D eigenvalue weighted by molar-refractivity contribution is 5.93. The molecule has 5 heteroatoms. The van der Waals surface area contributed by atoms with Gasteiger partial charge in [0.1, 0.15) is 5.69 Å². The smallest absolute Gasteiger partial charge is 0.230 e. The molecule has 1 amide bonds. The van der Waals surface area contributed by atoms with Crippen molar-refractivity contribution in [2.45, 2.75) is 39.7 Å². The molecule has 0 fully saturated rings.